The molecule has 2 nitrogen and oxygen atoms in total. The number of Topliss-reactive ketones (excluding diaryl/α,β-unsaturated/α-hetero) is 1. The van der Waals surface area contributed by atoms with Crippen LogP contribution in [0.2, 0.25) is 0 Å². The Balaban J connectivity index is 2.82. The molecule has 0 unspecified atom stereocenters. The van der Waals surface area contributed by atoms with Crippen molar-refractivity contribution in [3.63, 3.8) is 0 Å². The summed E-state index contributed by atoms with van der Waals surface area (Å²) >= 11 is 3.06. The van der Waals surface area contributed by atoms with Crippen molar-refractivity contribution in [2.45, 2.75) is 18.7 Å². The second-order valence-electron chi connectivity index (χ2n) is 3.38. The Hall–Kier alpha value is -0.870. The Kier molecular flexibility index (Phi) is 2.80. The zero-order valence-electron chi connectivity index (χ0n) is 8.83. The first-order valence-corrected chi connectivity index (χ1v) is 6.58. The van der Waals surface area contributed by atoms with E-state index in [1.807, 2.05) is 19.2 Å². The van der Waals surface area contributed by atoms with E-state index < -0.39 is 0 Å². The Morgan fingerprint density at radius 1 is 1.47 bits per heavy atom. The molecule has 2 aromatic rings. The number of carbonyl (C=O) groups is 1. The molecule has 0 bridgehead atoms. The number of aromatic nitrogens is 1. The summed E-state index contributed by atoms with van der Waals surface area (Å²) in [5.74, 6) is 0.111. The third-order valence-electron chi connectivity index (χ3n) is 2.34. The second-order valence-corrected chi connectivity index (χ2v) is 5.03. The number of fused-ring (bicyclic) bond motifs is 1. The molecular weight excluding hydrogens is 226 g/mol. The van der Waals surface area contributed by atoms with Crippen molar-refractivity contribution in [2.75, 3.05) is 6.26 Å². The van der Waals surface area contributed by atoms with E-state index in [9.17, 15) is 4.79 Å². The average molecular weight is 237 g/mol. The van der Waals surface area contributed by atoms with E-state index in [1.165, 1.54) is 11.5 Å². The molecule has 78 valence electrons. The maximum absolute atomic E-state index is 11.5. The van der Waals surface area contributed by atoms with Crippen molar-refractivity contribution in [1.29, 1.82) is 0 Å². The molecule has 1 heterocycles. The first-order chi connectivity index (χ1) is 7.13. The Morgan fingerprint density at radius 3 is 2.80 bits per heavy atom. The monoisotopic (exact) mass is 237 g/mol. The van der Waals surface area contributed by atoms with E-state index in [1.54, 1.807) is 18.7 Å². The first kappa shape index (κ1) is 10.6. The second kappa shape index (κ2) is 3.94. The number of thioether (sulfide) groups is 1. The molecule has 2 rings (SSSR count). The van der Waals surface area contributed by atoms with Gasteiger partial charge in [-0.15, -0.1) is 11.8 Å². The van der Waals surface area contributed by atoms with Crippen molar-refractivity contribution in [1.82, 2.24) is 4.37 Å². The van der Waals surface area contributed by atoms with Crippen LogP contribution >= 0.6 is 23.3 Å². The summed E-state index contributed by atoms with van der Waals surface area (Å²) in [6.07, 6.45) is 2.01. The van der Waals surface area contributed by atoms with Crippen LogP contribution in [0.1, 0.15) is 23.0 Å². The quantitative estimate of drug-likeness (QED) is 0.591. The zero-order chi connectivity index (χ0) is 11.0. The van der Waals surface area contributed by atoms with Gasteiger partial charge in [0.25, 0.3) is 0 Å². The number of hydrogen-bond acceptors (Lipinski definition) is 4. The number of rotatable bonds is 2. The molecule has 0 aliphatic rings. The Bertz CT molecular complexity index is 531. The summed E-state index contributed by atoms with van der Waals surface area (Å²) in [5.41, 5.74) is 1.80. The molecule has 0 N–H and O–H groups in total. The highest BCUT2D eigenvalue weighted by Gasteiger charge is 2.12. The lowest BCUT2D eigenvalue weighted by molar-refractivity contribution is 0.101. The third-order valence-corrected chi connectivity index (χ3v) is 4.04. The number of benzene rings is 1. The van der Waals surface area contributed by atoms with Crippen LogP contribution < -0.4 is 0 Å². The minimum absolute atomic E-state index is 0.111. The highest BCUT2D eigenvalue weighted by atomic mass is 32.2. The van der Waals surface area contributed by atoms with Crippen LogP contribution in [0.4, 0.5) is 0 Å². The van der Waals surface area contributed by atoms with Gasteiger partial charge in [-0.1, -0.05) is 0 Å². The molecule has 0 aliphatic carbocycles. The predicted molar refractivity (Wildman–Crippen MR) is 66.1 cm³/mol. The molecule has 1 aromatic heterocycles. The van der Waals surface area contributed by atoms with E-state index in [0.717, 1.165) is 26.2 Å². The highest BCUT2D eigenvalue weighted by Crippen LogP contribution is 2.31. The summed E-state index contributed by atoms with van der Waals surface area (Å²) < 4.78 is 5.31. The van der Waals surface area contributed by atoms with Gasteiger partial charge in [0.2, 0.25) is 0 Å². The van der Waals surface area contributed by atoms with Crippen LogP contribution in [0.25, 0.3) is 10.1 Å². The van der Waals surface area contributed by atoms with E-state index in [4.69, 9.17) is 0 Å². The molecule has 0 radical (unpaired) electrons. The van der Waals surface area contributed by atoms with E-state index in [0.29, 0.717) is 0 Å². The van der Waals surface area contributed by atoms with Gasteiger partial charge in [0.1, 0.15) is 0 Å². The number of hydrogen-bond donors (Lipinski definition) is 0. The van der Waals surface area contributed by atoms with E-state index >= 15 is 0 Å². The van der Waals surface area contributed by atoms with Crippen LogP contribution in [0.3, 0.4) is 0 Å². The Labute approximate surface area is 96.9 Å². The van der Waals surface area contributed by atoms with Crippen molar-refractivity contribution in [3.05, 3.63) is 23.4 Å². The molecule has 0 atom stereocenters. The largest absolute Gasteiger partial charge is 0.294 e. The molecule has 15 heavy (non-hydrogen) atoms. The van der Waals surface area contributed by atoms with Gasteiger partial charge in [-0.3, -0.25) is 4.79 Å². The average Bonchev–Trinajstić information content (AvgIpc) is 2.59. The van der Waals surface area contributed by atoms with Gasteiger partial charge in [0, 0.05) is 15.8 Å². The molecule has 0 spiro atoms. The standard InChI is InChI=1S/C11H11NOS2/c1-6-9-4-8(14-3)5-10(7(2)13)11(9)15-12-6/h4-5H,1-3H3. The fourth-order valence-corrected chi connectivity index (χ4v) is 2.92. The van der Waals surface area contributed by atoms with Crippen LogP contribution in [0.15, 0.2) is 17.0 Å². The summed E-state index contributed by atoms with van der Waals surface area (Å²) in [4.78, 5) is 12.6. The summed E-state index contributed by atoms with van der Waals surface area (Å²) in [5, 5.41) is 1.11. The maximum atomic E-state index is 11.5. The SMILES string of the molecule is CSc1cc(C(C)=O)c2snc(C)c2c1. The zero-order valence-corrected chi connectivity index (χ0v) is 10.5. The lowest BCUT2D eigenvalue weighted by atomic mass is 10.1. The summed E-state index contributed by atoms with van der Waals surface area (Å²) in [7, 11) is 0. The third kappa shape index (κ3) is 1.79. The molecule has 4 heteroatoms. The molecule has 0 saturated carbocycles. The van der Waals surface area contributed by atoms with Gasteiger partial charge in [0.15, 0.2) is 5.78 Å². The maximum Gasteiger partial charge on any atom is 0.161 e. The van der Waals surface area contributed by atoms with Crippen molar-refractivity contribution < 1.29 is 4.79 Å². The minimum Gasteiger partial charge on any atom is -0.294 e. The molecular formula is C11H11NOS2. The number of aryl methyl sites for hydroxylation is 1. The smallest absolute Gasteiger partial charge is 0.161 e. The van der Waals surface area contributed by atoms with Crippen LogP contribution in [-0.4, -0.2) is 16.4 Å². The van der Waals surface area contributed by atoms with Gasteiger partial charge in [0.05, 0.1) is 10.4 Å². The van der Waals surface area contributed by atoms with Crippen LogP contribution in [0, 0.1) is 6.92 Å². The van der Waals surface area contributed by atoms with Gasteiger partial charge in [-0.25, -0.2) is 0 Å². The summed E-state index contributed by atoms with van der Waals surface area (Å²) in [6, 6.07) is 4.05. The number of ketones is 1. The van der Waals surface area contributed by atoms with E-state index in [2.05, 4.69) is 10.4 Å². The topological polar surface area (TPSA) is 30.0 Å². The predicted octanol–water partition coefficient (Wildman–Crippen LogP) is 3.53. The summed E-state index contributed by atoms with van der Waals surface area (Å²) in [6.45, 7) is 3.58. The molecule has 0 saturated heterocycles. The normalized spacial score (nSPS) is 10.9. The fourth-order valence-electron chi connectivity index (χ4n) is 1.51. The van der Waals surface area contributed by atoms with Crippen LogP contribution in [-0.2, 0) is 0 Å². The van der Waals surface area contributed by atoms with Gasteiger partial charge in [-0.2, -0.15) is 4.37 Å². The fraction of sp³-hybridized carbons (Fsp3) is 0.273. The lowest BCUT2D eigenvalue weighted by Crippen LogP contribution is -1.92. The number of carbonyl (C=O) groups excluding carboxylic acids is 1. The van der Waals surface area contributed by atoms with Gasteiger partial charge >= 0.3 is 0 Å². The molecule has 0 fully saturated rings. The number of nitrogens with zero attached hydrogens (tertiary/aromatic N) is 1. The minimum atomic E-state index is 0.111. The van der Waals surface area contributed by atoms with Crippen LogP contribution in [0.5, 0.6) is 0 Å². The molecule has 1 aromatic carbocycles. The van der Waals surface area contributed by atoms with Gasteiger partial charge < -0.3 is 0 Å². The van der Waals surface area contributed by atoms with Gasteiger partial charge in [-0.05, 0) is 43.8 Å². The molecule has 0 amide bonds. The first-order valence-electron chi connectivity index (χ1n) is 4.58. The lowest BCUT2D eigenvalue weighted by Gasteiger charge is -2.02. The van der Waals surface area contributed by atoms with Crippen molar-refractivity contribution in [2.24, 2.45) is 0 Å². The van der Waals surface area contributed by atoms with Crippen molar-refractivity contribution in [3.8, 4) is 0 Å². The molecule has 0 aliphatic heterocycles. The van der Waals surface area contributed by atoms with Crippen molar-refractivity contribution >= 4 is 39.2 Å². The highest BCUT2D eigenvalue weighted by molar-refractivity contribution is 7.98. The Morgan fingerprint density at radius 2 is 2.20 bits per heavy atom. The van der Waals surface area contributed by atoms with E-state index in [-0.39, 0.29) is 5.78 Å².